The van der Waals surface area contributed by atoms with Crippen molar-refractivity contribution in [1.29, 1.82) is 0 Å². The molecule has 0 fully saturated rings. The quantitative estimate of drug-likeness (QED) is 0.645. The Bertz CT molecular complexity index is 758. The topological polar surface area (TPSA) is 63.7 Å². The third kappa shape index (κ3) is 2.31. The van der Waals surface area contributed by atoms with E-state index in [2.05, 4.69) is 0 Å². The van der Waals surface area contributed by atoms with E-state index in [4.69, 9.17) is 4.74 Å². The number of nitrogens with zero attached hydrogens (tertiary/aromatic N) is 1. The predicted octanol–water partition coefficient (Wildman–Crippen LogP) is 2.78. The number of benzene rings is 1. The monoisotopic (exact) mass is 315 g/mol. The van der Waals surface area contributed by atoms with Gasteiger partial charge in [-0.2, -0.15) is 0 Å². The Balaban J connectivity index is 1.73. The summed E-state index contributed by atoms with van der Waals surface area (Å²) in [5.41, 5.74) is 1.15. The molecular weight excluding hydrogens is 302 g/mol. The number of aryl methyl sites for hydroxylation is 2. The Morgan fingerprint density at radius 2 is 1.73 bits per heavy atom. The summed E-state index contributed by atoms with van der Waals surface area (Å²) in [6.45, 7) is 3.36. The van der Waals surface area contributed by atoms with Crippen LogP contribution in [-0.2, 0) is 4.74 Å². The molecule has 1 aliphatic rings. The highest BCUT2D eigenvalue weighted by molar-refractivity contribution is 7.12. The third-order valence-electron chi connectivity index (χ3n) is 3.46. The fourth-order valence-electron chi connectivity index (χ4n) is 2.39. The van der Waals surface area contributed by atoms with Gasteiger partial charge in [0.25, 0.3) is 11.8 Å². The van der Waals surface area contributed by atoms with Crippen LogP contribution in [0, 0.1) is 13.8 Å². The van der Waals surface area contributed by atoms with E-state index in [9.17, 15) is 14.4 Å². The molecule has 2 amide bonds. The van der Waals surface area contributed by atoms with Crippen molar-refractivity contribution in [3.05, 3.63) is 56.8 Å². The summed E-state index contributed by atoms with van der Waals surface area (Å²) in [7, 11) is 0. The maximum absolute atomic E-state index is 12.1. The summed E-state index contributed by atoms with van der Waals surface area (Å²) in [4.78, 5) is 39.1. The summed E-state index contributed by atoms with van der Waals surface area (Å²) in [6, 6.07) is 8.30. The maximum Gasteiger partial charge on any atom is 0.341 e. The van der Waals surface area contributed by atoms with Crippen molar-refractivity contribution in [2.24, 2.45) is 0 Å². The average Bonchev–Trinajstić information content (AvgIpc) is 2.96. The number of amides is 2. The lowest BCUT2D eigenvalue weighted by Gasteiger charge is -2.13. The second kappa shape index (κ2) is 5.38. The lowest BCUT2D eigenvalue weighted by atomic mass is 10.1. The van der Waals surface area contributed by atoms with Gasteiger partial charge in [0.1, 0.15) is 0 Å². The van der Waals surface area contributed by atoms with Crippen LogP contribution in [-0.4, -0.2) is 29.4 Å². The normalized spacial score (nSPS) is 13.5. The first-order chi connectivity index (χ1) is 10.5. The smallest absolute Gasteiger partial charge is 0.341 e. The van der Waals surface area contributed by atoms with Crippen LogP contribution in [0.4, 0.5) is 0 Å². The first kappa shape index (κ1) is 14.5. The van der Waals surface area contributed by atoms with Crippen molar-refractivity contribution in [1.82, 2.24) is 4.90 Å². The molecule has 1 aromatic heterocycles. The van der Waals surface area contributed by atoms with Crippen molar-refractivity contribution < 1.29 is 19.1 Å². The van der Waals surface area contributed by atoms with Crippen molar-refractivity contribution in [3.8, 4) is 0 Å². The molecule has 0 unspecified atom stereocenters. The van der Waals surface area contributed by atoms with E-state index < -0.39 is 17.8 Å². The molecule has 22 heavy (non-hydrogen) atoms. The van der Waals surface area contributed by atoms with Gasteiger partial charge in [-0.15, -0.1) is 11.3 Å². The number of thiophene rings is 1. The molecule has 112 valence electrons. The van der Waals surface area contributed by atoms with Crippen LogP contribution in [0.2, 0.25) is 0 Å². The Morgan fingerprint density at radius 1 is 1.14 bits per heavy atom. The summed E-state index contributed by atoms with van der Waals surface area (Å²) in [5.74, 6) is -1.41. The Kier molecular flexibility index (Phi) is 3.54. The number of rotatable bonds is 3. The van der Waals surface area contributed by atoms with Gasteiger partial charge in [-0.1, -0.05) is 12.1 Å². The number of hydrogen-bond acceptors (Lipinski definition) is 5. The van der Waals surface area contributed by atoms with Crippen LogP contribution in [0.15, 0.2) is 30.3 Å². The molecule has 5 nitrogen and oxygen atoms in total. The van der Waals surface area contributed by atoms with Crippen LogP contribution in [0.1, 0.15) is 40.8 Å². The predicted molar refractivity (Wildman–Crippen MR) is 81.0 cm³/mol. The minimum atomic E-state index is -0.529. The van der Waals surface area contributed by atoms with E-state index in [0.29, 0.717) is 16.7 Å². The van der Waals surface area contributed by atoms with Crippen LogP contribution < -0.4 is 0 Å². The van der Waals surface area contributed by atoms with Gasteiger partial charge >= 0.3 is 5.97 Å². The number of hydrogen-bond donors (Lipinski definition) is 0. The van der Waals surface area contributed by atoms with Gasteiger partial charge in [-0.25, -0.2) is 9.69 Å². The van der Waals surface area contributed by atoms with E-state index in [1.807, 2.05) is 13.8 Å². The Morgan fingerprint density at radius 3 is 2.23 bits per heavy atom. The number of carbonyl (C=O) groups excluding carboxylic acids is 3. The maximum atomic E-state index is 12.1. The average molecular weight is 315 g/mol. The molecule has 1 aliphatic heterocycles. The highest BCUT2D eigenvalue weighted by Gasteiger charge is 2.35. The molecule has 0 saturated carbocycles. The molecule has 0 N–H and O–H groups in total. The first-order valence-electron chi connectivity index (χ1n) is 6.68. The Labute approximate surface area is 131 Å². The molecular formula is C16H13NO4S. The minimum Gasteiger partial charge on any atom is -0.440 e. The number of carbonyl (C=O) groups is 3. The standard InChI is InChI=1S/C16H13NO4S/c1-9-7-13(10(2)22-9)16(20)21-8-17-14(18)11-5-3-4-6-12(11)15(17)19/h3-7H,8H2,1-2H3. The van der Waals surface area contributed by atoms with Crippen LogP contribution in [0.5, 0.6) is 0 Å². The molecule has 0 atom stereocenters. The van der Waals surface area contributed by atoms with Gasteiger partial charge < -0.3 is 4.74 Å². The van der Waals surface area contributed by atoms with Gasteiger partial charge in [0.05, 0.1) is 16.7 Å². The number of esters is 1. The lowest BCUT2D eigenvalue weighted by Crippen LogP contribution is -2.33. The molecule has 0 saturated heterocycles. The molecule has 6 heteroatoms. The summed E-state index contributed by atoms with van der Waals surface area (Å²) in [5, 5.41) is 0. The van der Waals surface area contributed by atoms with Gasteiger partial charge in [0.2, 0.25) is 0 Å². The molecule has 0 radical (unpaired) electrons. The first-order valence-corrected chi connectivity index (χ1v) is 7.50. The van der Waals surface area contributed by atoms with Crippen LogP contribution >= 0.6 is 11.3 Å². The molecule has 2 aromatic rings. The minimum absolute atomic E-state index is 0.339. The third-order valence-corrected chi connectivity index (χ3v) is 4.43. The largest absolute Gasteiger partial charge is 0.440 e. The SMILES string of the molecule is Cc1cc(C(=O)OCN2C(=O)c3ccccc3C2=O)c(C)s1. The van der Waals surface area contributed by atoms with E-state index in [1.165, 1.54) is 11.3 Å². The highest BCUT2D eigenvalue weighted by atomic mass is 32.1. The molecule has 2 heterocycles. The van der Waals surface area contributed by atoms with Crippen molar-refractivity contribution in [2.75, 3.05) is 6.73 Å². The summed E-state index contributed by atoms with van der Waals surface area (Å²) >= 11 is 1.50. The van der Waals surface area contributed by atoms with Gasteiger partial charge in [0, 0.05) is 9.75 Å². The zero-order valence-corrected chi connectivity index (χ0v) is 12.9. The summed E-state index contributed by atoms with van der Waals surface area (Å²) < 4.78 is 5.13. The van der Waals surface area contributed by atoms with Crippen LogP contribution in [0.25, 0.3) is 0 Å². The Hall–Kier alpha value is -2.47. The van der Waals surface area contributed by atoms with Gasteiger partial charge in [-0.05, 0) is 32.0 Å². The highest BCUT2D eigenvalue weighted by Crippen LogP contribution is 2.24. The molecule has 0 aliphatic carbocycles. The fraction of sp³-hybridized carbons (Fsp3) is 0.188. The number of fused-ring (bicyclic) bond motifs is 1. The van der Waals surface area contributed by atoms with E-state index in [-0.39, 0.29) is 6.73 Å². The van der Waals surface area contributed by atoms with Crippen molar-refractivity contribution in [3.63, 3.8) is 0 Å². The molecule has 1 aromatic carbocycles. The molecule has 0 bridgehead atoms. The van der Waals surface area contributed by atoms with Gasteiger partial charge in [0.15, 0.2) is 6.73 Å². The van der Waals surface area contributed by atoms with Crippen LogP contribution in [0.3, 0.4) is 0 Å². The fourth-order valence-corrected chi connectivity index (χ4v) is 3.30. The second-order valence-electron chi connectivity index (χ2n) is 4.97. The number of imide groups is 1. The molecule has 3 rings (SSSR count). The van der Waals surface area contributed by atoms with E-state index in [1.54, 1.807) is 30.3 Å². The zero-order chi connectivity index (χ0) is 15.9. The zero-order valence-electron chi connectivity index (χ0n) is 12.1. The van der Waals surface area contributed by atoms with Gasteiger partial charge in [-0.3, -0.25) is 9.59 Å². The van der Waals surface area contributed by atoms with Crippen molar-refractivity contribution >= 4 is 29.1 Å². The van der Waals surface area contributed by atoms with E-state index >= 15 is 0 Å². The second-order valence-corrected chi connectivity index (χ2v) is 6.43. The van der Waals surface area contributed by atoms with E-state index in [0.717, 1.165) is 14.7 Å². The van der Waals surface area contributed by atoms with Crippen molar-refractivity contribution in [2.45, 2.75) is 13.8 Å². The lowest BCUT2D eigenvalue weighted by molar-refractivity contribution is 0.0228. The molecule has 0 spiro atoms. The summed E-state index contributed by atoms with van der Waals surface area (Å²) in [6.07, 6.45) is 0. The number of ether oxygens (including phenoxy) is 1.